The third kappa shape index (κ3) is 4.89. The maximum absolute atomic E-state index is 11.7. The molecular formula is C17H21ClN2O4. The van der Waals surface area contributed by atoms with Crippen LogP contribution in [0.25, 0.3) is 0 Å². The standard InChI is InChI=1S/C17H21ClN2O4/c1-23-16(21)19-14-9-5-12(6-10-14)15(20-17(22)24-2)11-3-7-13(18)8-4-11/h3-5,7-9,12,14-15H,6,10H2,1-2H3,(H,19,21)(H,20,22). The lowest BCUT2D eigenvalue weighted by Gasteiger charge is -2.30. The molecule has 130 valence electrons. The first kappa shape index (κ1) is 18.1. The lowest BCUT2D eigenvalue weighted by Crippen LogP contribution is -2.38. The molecule has 7 heteroatoms. The van der Waals surface area contributed by atoms with Gasteiger partial charge in [0.15, 0.2) is 0 Å². The summed E-state index contributed by atoms with van der Waals surface area (Å²) in [6.07, 6.45) is 4.53. The van der Waals surface area contributed by atoms with E-state index in [-0.39, 0.29) is 18.0 Å². The fourth-order valence-corrected chi connectivity index (χ4v) is 2.87. The molecule has 0 heterocycles. The van der Waals surface area contributed by atoms with Crippen LogP contribution in [-0.2, 0) is 9.47 Å². The minimum absolute atomic E-state index is 0.0716. The highest BCUT2D eigenvalue weighted by atomic mass is 35.5. The summed E-state index contributed by atoms with van der Waals surface area (Å²) in [6, 6.07) is 7.04. The maximum Gasteiger partial charge on any atom is 0.407 e. The molecule has 0 radical (unpaired) electrons. The molecule has 0 fully saturated rings. The highest BCUT2D eigenvalue weighted by molar-refractivity contribution is 6.30. The normalized spacial score (nSPS) is 20.8. The Morgan fingerprint density at radius 2 is 1.75 bits per heavy atom. The van der Waals surface area contributed by atoms with Gasteiger partial charge in [-0.3, -0.25) is 0 Å². The molecule has 3 atom stereocenters. The molecule has 0 saturated heterocycles. The van der Waals surface area contributed by atoms with Crippen LogP contribution < -0.4 is 10.6 Å². The first-order chi connectivity index (χ1) is 11.5. The first-order valence-electron chi connectivity index (χ1n) is 7.66. The molecule has 2 N–H and O–H groups in total. The number of hydrogen-bond donors (Lipinski definition) is 2. The number of carbonyl (C=O) groups is 2. The van der Waals surface area contributed by atoms with Crippen molar-refractivity contribution in [3.8, 4) is 0 Å². The number of hydrogen-bond acceptors (Lipinski definition) is 4. The van der Waals surface area contributed by atoms with Gasteiger partial charge < -0.3 is 20.1 Å². The van der Waals surface area contributed by atoms with Crippen molar-refractivity contribution in [1.29, 1.82) is 0 Å². The van der Waals surface area contributed by atoms with Crippen molar-refractivity contribution in [3.05, 3.63) is 47.0 Å². The summed E-state index contributed by atoms with van der Waals surface area (Å²) >= 11 is 5.94. The molecule has 6 nitrogen and oxygen atoms in total. The van der Waals surface area contributed by atoms with E-state index in [1.165, 1.54) is 14.2 Å². The van der Waals surface area contributed by atoms with Crippen LogP contribution in [0, 0.1) is 5.92 Å². The minimum atomic E-state index is -0.488. The third-order valence-electron chi connectivity index (χ3n) is 4.01. The number of methoxy groups -OCH3 is 2. The predicted octanol–water partition coefficient (Wildman–Crippen LogP) is 3.43. The molecule has 0 bridgehead atoms. The van der Waals surface area contributed by atoms with E-state index in [0.29, 0.717) is 5.02 Å². The lowest BCUT2D eigenvalue weighted by molar-refractivity contribution is 0.161. The molecule has 1 aliphatic carbocycles. The predicted molar refractivity (Wildman–Crippen MR) is 90.9 cm³/mol. The fourth-order valence-electron chi connectivity index (χ4n) is 2.74. The largest absolute Gasteiger partial charge is 0.453 e. The summed E-state index contributed by atoms with van der Waals surface area (Å²) in [6.45, 7) is 0. The zero-order valence-corrected chi connectivity index (χ0v) is 14.4. The van der Waals surface area contributed by atoms with E-state index in [9.17, 15) is 9.59 Å². The summed E-state index contributed by atoms with van der Waals surface area (Å²) in [5.74, 6) is 0.0842. The summed E-state index contributed by atoms with van der Waals surface area (Å²) in [7, 11) is 2.67. The molecule has 0 aliphatic heterocycles. The van der Waals surface area contributed by atoms with Gasteiger partial charge in [0.1, 0.15) is 0 Å². The number of halogens is 1. The van der Waals surface area contributed by atoms with Gasteiger partial charge in [-0.1, -0.05) is 35.9 Å². The molecule has 24 heavy (non-hydrogen) atoms. The van der Waals surface area contributed by atoms with Gasteiger partial charge in [-0.25, -0.2) is 9.59 Å². The zero-order valence-electron chi connectivity index (χ0n) is 13.6. The Hall–Kier alpha value is -2.21. The summed E-state index contributed by atoms with van der Waals surface area (Å²) in [4.78, 5) is 23.0. The second-order valence-electron chi connectivity index (χ2n) is 5.53. The van der Waals surface area contributed by atoms with Crippen LogP contribution in [0.15, 0.2) is 36.4 Å². The molecule has 3 unspecified atom stereocenters. The average molecular weight is 353 g/mol. The first-order valence-corrected chi connectivity index (χ1v) is 8.04. The van der Waals surface area contributed by atoms with Crippen molar-refractivity contribution < 1.29 is 19.1 Å². The Labute approximate surface area is 146 Å². The van der Waals surface area contributed by atoms with E-state index in [1.54, 1.807) is 12.1 Å². The van der Waals surface area contributed by atoms with E-state index < -0.39 is 12.2 Å². The van der Waals surface area contributed by atoms with Crippen molar-refractivity contribution in [2.45, 2.75) is 24.9 Å². The summed E-state index contributed by atoms with van der Waals surface area (Å²) in [5, 5.41) is 6.26. The molecule has 0 aromatic heterocycles. The van der Waals surface area contributed by atoms with Gasteiger partial charge in [0.25, 0.3) is 0 Å². The Morgan fingerprint density at radius 3 is 2.29 bits per heavy atom. The number of alkyl carbamates (subject to hydrolysis) is 2. The number of rotatable bonds is 4. The number of ether oxygens (including phenoxy) is 2. The van der Waals surface area contributed by atoms with Crippen LogP contribution in [0.5, 0.6) is 0 Å². The van der Waals surface area contributed by atoms with E-state index >= 15 is 0 Å². The van der Waals surface area contributed by atoms with Crippen LogP contribution in [0.3, 0.4) is 0 Å². The monoisotopic (exact) mass is 352 g/mol. The molecule has 1 aliphatic rings. The Balaban J connectivity index is 2.13. The van der Waals surface area contributed by atoms with E-state index in [4.69, 9.17) is 16.3 Å². The number of nitrogens with one attached hydrogen (secondary N) is 2. The molecule has 2 rings (SSSR count). The topological polar surface area (TPSA) is 76.7 Å². The molecular weight excluding hydrogens is 332 g/mol. The minimum Gasteiger partial charge on any atom is -0.453 e. The van der Waals surface area contributed by atoms with Crippen molar-refractivity contribution in [2.75, 3.05) is 14.2 Å². The molecule has 2 amide bonds. The highest BCUT2D eigenvalue weighted by Gasteiger charge is 2.27. The Morgan fingerprint density at radius 1 is 1.08 bits per heavy atom. The van der Waals surface area contributed by atoms with Gasteiger partial charge >= 0.3 is 12.2 Å². The van der Waals surface area contributed by atoms with Crippen molar-refractivity contribution >= 4 is 23.8 Å². The Kier molecular flexibility index (Phi) is 6.49. The third-order valence-corrected chi connectivity index (χ3v) is 4.26. The maximum atomic E-state index is 11.7. The van der Waals surface area contributed by atoms with Gasteiger partial charge in [0.2, 0.25) is 0 Å². The van der Waals surface area contributed by atoms with Gasteiger partial charge in [0, 0.05) is 10.9 Å². The summed E-state index contributed by atoms with van der Waals surface area (Å²) in [5.41, 5.74) is 0.943. The van der Waals surface area contributed by atoms with Crippen molar-refractivity contribution in [2.24, 2.45) is 5.92 Å². The lowest BCUT2D eigenvalue weighted by atomic mass is 9.84. The van der Waals surface area contributed by atoms with Crippen LogP contribution in [0.1, 0.15) is 24.4 Å². The average Bonchev–Trinajstić information content (AvgIpc) is 2.61. The second-order valence-corrected chi connectivity index (χ2v) is 5.97. The van der Waals surface area contributed by atoms with E-state index in [0.717, 1.165) is 18.4 Å². The van der Waals surface area contributed by atoms with Gasteiger partial charge in [-0.2, -0.15) is 0 Å². The molecule has 1 aromatic carbocycles. The van der Waals surface area contributed by atoms with Crippen molar-refractivity contribution in [3.63, 3.8) is 0 Å². The Bertz CT molecular complexity index is 603. The van der Waals surface area contributed by atoms with Gasteiger partial charge in [0.05, 0.1) is 26.3 Å². The van der Waals surface area contributed by atoms with Crippen LogP contribution >= 0.6 is 11.6 Å². The quantitative estimate of drug-likeness (QED) is 0.814. The van der Waals surface area contributed by atoms with Gasteiger partial charge in [-0.15, -0.1) is 0 Å². The van der Waals surface area contributed by atoms with Gasteiger partial charge in [-0.05, 0) is 30.5 Å². The van der Waals surface area contributed by atoms with E-state index in [1.807, 2.05) is 24.3 Å². The highest BCUT2D eigenvalue weighted by Crippen LogP contribution is 2.31. The number of benzene rings is 1. The van der Waals surface area contributed by atoms with Crippen LogP contribution in [-0.4, -0.2) is 32.4 Å². The van der Waals surface area contributed by atoms with Crippen LogP contribution in [0.4, 0.5) is 9.59 Å². The van der Waals surface area contributed by atoms with Crippen molar-refractivity contribution in [1.82, 2.24) is 10.6 Å². The second kappa shape index (κ2) is 8.59. The fraction of sp³-hybridized carbons (Fsp3) is 0.412. The molecule has 1 aromatic rings. The smallest absolute Gasteiger partial charge is 0.407 e. The summed E-state index contributed by atoms with van der Waals surface area (Å²) < 4.78 is 9.34. The molecule has 0 saturated carbocycles. The molecule has 0 spiro atoms. The number of carbonyl (C=O) groups excluding carboxylic acids is 2. The van der Waals surface area contributed by atoms with Crippen LogP contribution in [0.2, 0.25) is 5.02 Å². The van der Waals surface area contributed by atoms with E-state index in [2.05, 4.69) is 15.4 Å². The SMILES string of the molecule is COC(=O)NC1C=CC(C(NC(=O)OC)c2ccc(Cl)cc2)CC1. The zero-order chi connectivity index (χ0) is 17.5. The number of amides is 2.